The fraction of sp³-hybridized carbons (Fsp3) is 0.353. The maximum absolute atomic E-state index is 13.1. The van der Waals surface area contributed by atoms with Crippen molar-refractivity contribution in [1.82, 2.24) is 14.6 Å². The van der Waals surface area contributed by atoms with Crippen LogP contribution in [0.5, 0.6) is 5.75 Å². The Morgan fingerprint density at radius 1 is 1.34 bits per heavy atom. The summed E-state index contributed by atoms with van der Waals surface area (Å²) in [7, 11) is -4.24. The Labute approximate surface area is 193 Å². The number of benzene rings is 1. The minimum atomic E-state index is -4.24. The molecule has 1 aliphatic heterocycles. The van der Waals surface area contributed by atoms with Gasteiger partial charge in [0, 0.05) is 12.3 Å². The molecule has 3 rings (SSSR count). The van der Waals surface area contributed by atoms with Crippen LogP contribution in [-0.2, 0) is 18.6 Å². The van der Waals surface area contributed by atoms with E-state index in [0.717, 1.165) is 12.3 Å². The van der Waals surface area contributed by atoms with Crippen molar-refractivity contribution in [3.05, 3.63) is 63.4 Å². The number of para-hydroxylation sites is 1. The first-order chi connectivity index (χ1) is 15.0. The van der Waals surface area contributed by atoms with Crippen LogP contribution < -0.4 is 20.9 Å². The molecule has 1 fully saturated rings. The summed E-state index contributed by atoms with van der Waals surface area (Å²) >= 11 is 9.39. The average Bonchev–Trinajstić information content (AvgIpc) is 2.95. The number of alkyl halides is 2. The van der Waals surface area contributed by atoms with Crippen molar-refractivity contribution in [2.75, 3.05) is 13.2 Å². The molecule has 32 heavy (non-hydrogen) atoms. The third-order valence-corrected chi connectivity index (χ3v) is 7.06. The first-order valence-electron chi connectivity index (χ1n) is 9.01. The molecule has 1 aliphatic rings. The van der Waals surface area contributed by atoms with Crippen molar-refractivity contribution < 1.29 is 33.4 Å². The largest absolute Gasteiger partial charge is 0.480 e. The molecule has 0 saturated carbocycles. The minimum Gasteiger partial charge on any atom is -0.480 e. The van der Waals surface area contributed by atoms with Gasteiger partial charge in [-0.05, 0) is 12.1 Å². The summed E-state index contributed by atoms with van der Waals surface area (Å²) in [5, 5.41) is 21.7. The third kappa shape index (κ3) is 5.49. The summed E-state index contributed by atoms with van der Waals surface area (Å²) in [6.45, 7) is -1.33. The predicted molar refractivity (Wildman–Crippen MR) is 115 cm³/mol. The number of aliphatic hydroxyl groups is 1. The highest BCUT2D eigenvalue weighted by Crippen LogP contribution is 2.49. The topological polar surface area (TPSA) is 169 Å². The van der Waals surface area contributed by atoms with E-state index in [1.165, 1.54) is 12.1 Å². The molecule has 1 aromatic heterocycles. The van der Waals surface area contributed by atoms with Gasteiger partial charge in [-0.25, -0.2) is 19.0 Å². The number of nitrogens with one attached hydrogen (secondary N) is 2. The second-order valence-corrected chi connectivity index (χ2v) is 10.7. The maximum atomic E-state index is 13.1. The Hall–Kier alpha value is -1.99. The van der Waals surface area contributed by atoms with Crippen LogP contribution in [0.15, 0.2) is 52.2 Å². The number of aromatic amines is 1. The summed E-state index contributed by atoms with van der Waals surface area (Å²) in [6.07, 6.45) is -3.12. The Morgan fingerprint density at radius 2 is 2.03 bits per heavy atom. The van der Waals surface area contributed by atoms with Gasteiger partial charge >= 0.3 is 19.4 Å². The Morgan fingerprint density at radius 3 is 2.66 bits per heavy atom. The van der Waals surface area contributed by atoms with E-state index in [-0.39, 0.29) is 5.75 Å². The summed E-state index contributed by atoms with van der Waals surface area (Å²) in [5.74, 6) is -1.18. The highest BCUT2D eigenvalue weighted by molar-refractivity contribution is 9.10. The number of H-pyrrole nitrogens is 1. The van der Waals surface area contributed by atoms with Crippen molar-refractivity contribution in [1.29, 1.82) is 0 Å². The van der Waals surface area contributed by atoms with Gasteiger partial charge in [-0.2, -0.15) is 0 Å². The number of aliphatic carboxylic acids is 1. The van der Waals surface area contributed by atoms with Crippen molar-refractivity contribution in [2.24, 2.45) is 0 Å². The van der Waals surface area contributed by atoms with E-state index in [1.807, 2.05) is 0 Å². The number of halogens is 2. The summed E-state index contributed by atoms with van der Waals surface area (Å²) in [6, 6.07) is 8.92. The molecule has 0 amide bonds. The molecule has 0 aliphatic carbocycles. The van der Waals surface area contributed by atoms with E-state index in [4.69, 9.17) is 30.5 Å². The lowest BCUT2D eigenvalue weighted by atomic mass is 10.2. The number of carboxylic acid groups (broad SMARTS) is 1. The van der Waals surface area contributed by atoms with Crippen LogP contribution in [-0.4, -0.2) is 54.9 Å². The number of carbonyl (C=O) groups is 1. The molecule has 0 radical (unpaired) electrons. The lowest BCUT2D eigenvalue weighted by Gasteiger charge is -2.24. The van der Waals surface area contributed by atoms with E-state index < -0.39 is 60.3 Å². The van der Waals surface area contributed by atoms with Crippen molar-refractivity contribution in [3.63, 3.8) is 0 Å². The fourth-order valence-corrected chi connectivity index (χ4v) is 4.98. The van der Waals surface area contributed by atoms with Crippen LogP contribution in [0.4, 0.5) is 0 Å². The Kier molecular flexibility index (Phi) is 7.61. The highest BCUT2D eigenvalue weighted by atomic mass is 79.9. The van der Waals surface area contributed by atoms with Crippen LogP contribution in [0.25, 0.3) is 0 Å². The zero-order valence-corrected chi connectivity index (χ0v) is 19.3. The number of aliphatic hydroxyl groups excluding tert-OH is 1. The Balaban J connectivity index is 1.80. The number of nitrogens with zero attached hydrogens (tertiary/aromatic N) is 1. The van der Waals surface area contributed by atoms with E-state index in [2.05, 4.69) is 26.0 Å². The standard InChI is InChI=1S/C17H18BrClN3O9P/c18-17(19)14(26)11(30-15(17)22-12(23)6-7-20-16(22)27)9-29-32(28,21-8-13(24)25)31-10-4-2-1-3-5-10/h1-7,11,14-15,26H,8-9H2,(H,20,27)(H,21,28)(H,24,25)/t11-,14-,15-,17+,32?/m1/s1. The lowest BCUT2D eigenvalue weighted by Crippen LogP contribution is -2.44. The Bertz CT molecular complexity index is 1100. The van der Waals surface area contributed by atoms with Crippen LogP contribution in [0.1, 0.15) is 6.23 Å². The number of rotatable bonds is 9. The molecule has 15 heteroatoms. The number of hydrogen-bond acceptors (Lipinski definition) is 8. The van der Waals surface area contributed by atoms with Crippen LogP contribution in [0.3, 0.4) is 0 Å². The molecule has 1 aromatic carbocycles. The molecule has 5 atom stereocenters. The van der Waals surface area contributed by atoms with E-state index in [0.29, 0.717) is 4.57 Å². The van der Waals surface area contributed by atoms with Crippen LogP contribution in [0, 0.1) is 0 Å². The second kappa shape index (κ2) is 9.87. The van der Waals surface area contributed by atoms with E-state index in [1.54, 1.807) is 18.2 Å². The highest BCUT2D eigenvalue weighted by Gasteiger charge is 2.56. The average molecular weight is 555 g/mol. The zero-order chi connectivity index (χ0) is 23.5. The van der Waals surface area contributed by atoms with E-state index in [9.17, 15) is 24.1 Å². The van der Waals surface area contributed by atoms with E-state index >= 15 is 0 Å². The first-order valence-corrected chi connectivity index (χ1v) is 11.7. The first kappa shape index (κ1) is 24.6. The van der Waals surface area contributed by atoms with Crippen molar-refractivity contribution in [3.8, 4) is 5.75 Å². The summed E-state index contributed by atoms with van der Waals surface area (Å²) < 4.78 is 28.1. The number of ether oxygens (including phenoxy) is 1. The van der Waals surface area contributed by atoms with Gasteiger partial charge in [0.05, 0.1) is 6.61 Å². The molecule has 2 aromatic rings. The smallest absolute Gasteiger partial charge is 0.459 e. The van der Waals surface area contributed by atoms with Gasteiger partial charge in [-0.3, -0.25) is 14.1 Å². The quantitative estimate of drug-likeness (QED) is 0.259. The van der Waals surface area contributed by atoms with Gasteiger partial charge in [0.1, 0.15) is 24.5 Å². The third-order valence-electron chi connectivity index (χ3n) is 4.30. The minimum absolute atomic E-state index is 0.133. The van der Waals surface area contributed by atoms with Crippen LogP contribution in [0.2, 0.25) is 0 Å². The molecule has 12 nitrogen and oxygen atoms in total. The van der Waals surface area contributed by atoms with Crippen molar-refractivity contribution in [2.45, 2.75) is 22.2 Å². The lowest BCUT2D eigenvalue weighted by molar-refractivity contribution is -0.135. The normalized spacial score (nSPS) is 27.0. The van der Waals surface area contributed by atoms with Gasteiger partial charge in [0.15, 0.2) is 10.0 Å². The van der Waals surface area contributed by atoms with Crippen LogP contribution >= 0.6 is 35.3 Å². The van der Waals surface area contributed by atoms with Gasteiger partial charge in [0.2, 0.25) is 0 Å². The monoisotopic (exact) mass is 553 g/mol. The number of aromatic nitrogens is 2. The van der Waals surface area contributed by atoms with Gasteiger partial charge in [0.25, 0.3) is 5.56 Å². The molecule has 1 saturated heterocycles. The molecular weight excluding hydrogens is 537 g/mol. The zero-order valence-electron chi connectivity index (χ0n) is 16.1. The molecule has 1 unspecified atom stereocenters. The van der Waals surface area contributed by atoms with Crippen molar-refractivity contribution >= 4 is 41.2 Å². The molecule has 174 valence electrons. The molecular formula is C17H18BrClN3O9P. The van der Waals surface area contributed by atoms with Gasteiger partial charge < -0.3 is 24.5 Å². The molecule has 0 bridgehead atoms. The second-order valence-electron chi connectivity index (χ2n) is 6.56. The number of carboxylic acids is 1. The molecule has 2 heterocycles. The fourth-order valence-electron chi connectivity index (χ4n) is 2.80. The van der Waals surface area contributed by atoms with Gasteiger partial charge in [-0.1, -0.05) is 45.7 Å². The summed E-state index contributed by atoms with van der Waals surface area (Å²) in [4.78, 5) is 37.5. The molecule has 0 spiro atoms. The number of hydrogen-bond donors (Lipinski definition) is 4. The maximum Gasteiger partial charge on any atom is 0.459 e. The predicted octanol–water partition coefficient (Wildman–Crippen LogP) is 1.00. The molecule has 4 N–H and O–H groups in total. The SMILES string of the molecule is O=C(O)CNP(=O)(OC[C@H]1O[C@@H](n2c(=O)cc[nH]c2=O)[C@](Cl)(Br)[C@@H]1O)Oc1ccccc1. The summed E-state index contributed by atoms with van der Waals surface area (Å²) in [5.41, 5.74) is -1.57. The van der Waals surface area contributed by atoms with Gasteiger partial charge in [-0.15, -0.1) is 0 Å².